The molecule has 0 bridgehead atoms. The van der Waals surface area contributed by atoms with Crippen molar-refractivity contribution in [1.82, 2.24) is 9.88 Å². The van der Waals surface area contributed by atoms with Gasteiger partial charge in [0.2, 0.25) is 5.91 Å². The molecule has 1 N–H and O–H groups in total. The van der Waals surface area contributed by atoms with Gasteiger partial charge >= 0.3 is 0 Å². The quantitative estimate of drug-likeness (QED) is 0.516. The Morgan fingerprint density at radius 2 is 2.07 bits per heavy atom. The Bertz CT molecular complexity index is 956. The highest BCUT2D eigenvalue weighted by molar-refractivity contribution is 7.14. The molecule has 1 aromatic carbocycles. The van der Waals surface area contributed by atoms with Gasteiger partial charge in [-0.05, 0) is 30.2 Å². The van der Waals surface area contributed by atoms with Crippen LogP contribution in [0.3, 0.4) is 0 Å². The van der Waals surface area contributed by atoms with Gasteiger partial charge in [0.25, 0.3) is 5.91 Å². The summed E-state index contributed by atoms with van der Waals surface area (Å²) in [4.78, 5) is 31.1. The molecule has 3 rings (SSSR count). The van der Waals surface area contributed by atoms with Crippen molar-refractivity contribution in [2.75, 3.05) is 11.9 Å². The maximum Gasteiger partial charge on any atom is 0.293 e. The SMILES string of the molecule is CCCCN(Cc1ccccc1Cl)C(=O)Cc1csc(NC(=O)c2ccco2)n1. The van der Waals surface area contributed by atoms with Crippen molar-refractivity contribution in [3.05, 3.63) is 70.1 Å². The molecule has 0 unspecified atom stereocenters. The molecule has 0 aliphatic rings. The molecule has 29 heavy (non-hydrogen) atoms. The van der Waals surface area contributed by atoms with Gasteiger partial charge in [-0.15, -0.1) is 11.3 Å². The first-order valence-electron chi connectivity index (χ1n) is 9.37. The van der Waals surface area contributed by atoms with E-state index in [1.807, 2.05) is 29.2 Å². The number of hydrogen-bond donors (Lipinski definition) is 1. The summed E-state index contributed by atoms with van der Waals surface area (Å²) in [5.74, 6) is -0.179. The van der Waals surface area contributed by atoms with E-state index in [1.165, 1.54) is 17.6 Å². The molecule has 0 aliphatic carbocycles. The van der Waals surface area contributed by atoms with Gasteiger partial charge < -0.3 is 9.32 Å². The molecule has 152 valence electrons. The van der Waals surface area contributed by atoms with Crippen LogP contribution < -0.4 is 5.32 Å². The molecule has 0 saturated carbocycles. The summed E-state index contributed by atoms with van der Waals surface area (Å²) in [6.45, 7) is 3.21. The number of hydrogen-bond acceptors (Lipinski definition) is 5. The van der Waals surface area contributed by atoms with Crippen LogP contribution in [0.5, 0.6) is 0 Å². The third kappa shape index (κ3) is 5.92. The number of anilines is 1. The van der Waals surface area contributed by atoms with Crippen LogP contribution in [0, 0.1) is 0 Å². The molecule has 2 heterocycles. The summed E-state index contributed by atoms with van der Waals surface area (Å²) in [6.07, 6.45) is 3.51. The molecule has 2 amide bonds. The predicted octanol–water partition coefficient (Wildman–Crippen LogP) is 5.01. The van der Waals surface area contributed by atoms with Gasteiger partial charge in [-0.2, -0.15) is 0 Å². The average Bonchev–Trinajstić information content (AvgIpc) is 3.39. The molecular formula is C21H22ClN3O3S. The van der Waals surface area contributed by atoms with Gasteiger partial charge in [-0.25, -0.2) is 4.98 Å². The molecule has 0 saturated heterocycles. The number of nitrogens with one attached hydrogen (secondary N) is 1. The van der Waals surface area contributed by atoms with Crippen molar-refractivity contribution in [1.29, 1.82) is 0 Å². The first-order chi connectivity index (χ1) is 14.1. The lowest BCUT2D eigenvalue weighted by Gasteiger charge is -2.23. The zero-order chi connectivity index (χ0) is 20.6. The van der Waals surface area contributed by atoms with E-state index < -0.39 is 0 Å². The Hall–Kier alpha value is -2.64. The van der Waals surface area contributed by atoms with E-state index in [1.54, 1.807) is 17.5 Å². The minimum absolute atomic E-state index is 0.0208. The highest BCUT2D eigenvalue weighted by Crippen LogP contribution is 2.20. The van der Waals surface area contributed by atoms with Crippen LogP contribution in [-0.2, 0) is 17.8 Å². The topological polar surface area (TPSA) is 75.4 Å². The molecular weight excluding hydrogens is 410 g/mol. The summed E-state index contributed by atoms with van der Waals surface area (Å²) < 4.78 is 5.07. The lowest BCUT2D eigenvalue weighted by atomic mass is 10.2. The Morgan fingerprint density at radius 1 is 1.24 bits per heavy atom. The number of aromatic nitrogens is 1. The van der Waals surface area contributed by atoms with E-state index >= 15 is 0 Å². The number of carbonyl (C=O) groups excluding carboxylic acids is 2. The van der Waals surface area contributed by atoms with Gasteiger partial charge in [0.05, 0.1) is 18.4 Å². The van der Waals surface area contributed by atoms with Gasteiger partial charge in [0.15, 0.2) is 10.9 Å². The number of nitrogens with zero attached hydrogens (tertiary/aromatic N) is 2. The molecule has 3 aromatic rings. The van der Waals surface area contributed by atoms with Crippen molar-refractivity contribution >= 4 is 39.9 Å². The Balaban J connectivity index is 1.64. The van der Waals surface area contributed by atoms with Crippen LogP contribution in [0.15, 0.2) is 52.5 Å². The monoisotopic (exact) mass is 431 g/mol. The number of unbranched alkanes of at least 4 members (excludes halogenated alkanes) is 1. The number of amides is 2. The molecule has 8 heteroatoms. The summed E-state index contributed by atoms with van der Waals surface area (Å²) in [7, 11) is 0. The van der Waals surface area contributed by atoms with Crippen LogP contribution >= 0.6 is 22.9 Å². The second-order valence-electron chi connectivity index (χ2n) is 6.51. The first-order valence-corrected chi connectivity index (χ1v) is 10.6. The third-order valence-electron chi connectivity index (χ3n) is 4.30. The lowest BCUT2D eigenvalue weighted by Crippen LogP contribution is -2.33. The van der Waals surface area contributed by atoms with Crippen molar-refractivity contribution in [3.8, 4) is 0 Å². The average molecular weight is 432 g/mol. The summed E-state index contributed by atoms with van der Waals surface area (Å²) in [5, 5.41) is 5.54. The number of thiazole rings is 1. The summed E-state index contributed by atoms with van der Waals surface area (Å²) in [5.41, 5.74) is 1.54. The maximum absolute atomic E-state index is 12.9. The lowest BCUT2D eigenvalue weighted by molar-refractivity contribution is -0.131. The fraction of sp³-hybridized carbons (Fsp3) is 0.286. The molecule has 0 fully saturated rings. The van der Waals surface area contributed by atoms with Crippen molar-refractivity contribution in [2.24, 2.45) is 0 Å². The highest BCUT2D eigenvalue weighted by Gasteiger charge is 2.18. The van der Waals surface area contributed by atoms with E-state index in [4.69, 9.17) is 16.0 Å². The zero-order valence-corrected chi connectivity index (χ0v) is 17.6. The Morgan fingerprint density at radius 3 is 2.79 bits per heavy atom. The maximum atomic E-state index is 12.9. The van der Waals surface area contributed by atoms with Crippen LogP contribution in [0.25, 0.3) is 0 Å². The standard InChI is InChI=1S/C21H22ClN3O3S/c1-2-3-10-25(13-15-7-4-5-8-17(15)22)19(26)12-16-14-29-21(23-16)24-20(27)18-9-6-11-28-18/h4-9,11,14H,2-3,10,12-13H2,1H3,(H,23,24,27). The molecule has 0 aliphatic heterocycles. The van der Waals surface area contributed by atoms with Crippen LogP contribution in [0.2, 0.25) is 5.02 Å². The predicted molar refractivity (Wildman–Crippen MR) is 114 cm³/mol. The van der Waals surface area contributed by atoms with Crippen LogP contribution in [0.1, 0.15) is 41.6 Å². The fourth-order valence-corrected chi connectivity index (χ4v) is 3.65. The number of carbonyl (C=O) groups is 2. The van der Waals surface area contributed by atoms with E-state index in [0.717, 1.165) is 18.4 Å². The zero-order valence-electron chi connectivity index (χ0n) is 16.1. The first kappa shape index (κ1) is 21.1. The summed E-state index contributed by atoms with van der Waals surface area (Å²) >= 11 is 7.54. The fourth-order valence-electron chi connectivity index (χ4n) is 2.75. The van der Waals surface area contributed by atoms with Gasteiger partial charge in [0, 0.05) is 23.5 Å². The second-order valence-corrected chi connectivity index (χ2v) is 7.78. The number of furan rings is 1. The van der Waals surface area contributed by atoms with Crippen molar-refractivity contribution in [2.45, 2.75) is 32.7 Å². The highest BCUT2D eigenvalue weighted by atomic mass is 35.5. The Kier molecular flexibility index (Phi) is 7.43. The molecule has 0 atom stereocenters. The van der Waals surface area contributed by atoms with Crippen LogP contribution in [-0.4, -0.2) is 28.2 Å². The van der Waals surface area contributed by atoms with Gasteiger partial charge in [0.1, 0.15) is 0 Å². The normalized spacial score (nSPS) is 10.7. The Labute approximate surface area is 178 Å². The second kappa shape index (κ2) is 10.2. The molecule has 0 spiro atoms. The van der Waals surface area contributed by atoms with Crippen molar-refractivity contribution < 1.29 is 14.0 Å². The largest absolute Gasteiger partial charge is 0.459 e. The number of rotatable bonds is 9. The third-order valence-corrected chi connectivity index (χ3v) is 5.48. The molecule has 6 nitrogen and oxygen atoms in total. The van der Waals surface area contributed by atoms with E-state index in [9.17, 15) is 9.59 Å². The summed E-state index contributed by atoms with van der Waals surface area (Å²) in [6, 6.07) is 10.8. The molecule has 0 radical (unpaired) electrons. The minimum atomic E-state index is -0.370. The molecule has 2 aromatic heterocycles. The van der Waals surface area contributed by atoms with E-state index in [-0.39, 0.29) is 24.0 Å². The number of benzene rings is 1. The smallest absolute Gasteiger partial charge is 0.293 e. The van der Waals surface area contributed by atoms with Crippen LogP contribution in [0.4, 0.5) is 5.13 Å². The minimum Gasteiger partial charge on any atom is -0.459 e. The van der Waals surface area contributed by atoms with Gasteiger partial charge in [-0.1, -0.05) is 43.1 Å². The van der Waals surface area contributed by atoms with E-state index in [2.05, 4.69) is 17.2 Å². The van der Waals surface area contributed by atoms with Gasteiger partial charge in [-0.3, -0.25) is 14.9 Å². The number of halogens is 1. The van der Waals surface area contributed by atoms with E-state index in [0.29, 0.717) is 28.9 Å². The van der Waals surface area contributed by atoms with Crippen molar-refractivity contribution in [3.63, 3.8) is 0 Å².